The highest BCUT2D eigenvalue weighted by atomic mass is 19.1. The lowest BCUT2D eigenvalue weighted by Crippen LogP contribution is -2.21. The number of hydrogen-bond acceptors (Lipinski definition) is 3. The van der Waals surface area contributed by atoms with Crippen LogP contribution in [0, 0.1) is 5.82 Å². The molecule has 1 aromatic carbocycles. The number of aryl methyl sites for hydroxylation is 2. The van der Waals surface area contributed by atoms with Crippen LogP contribution in [0.5, 0.6) is 0 Å². The van der Waals surface area contributed by atoms with Gasteiger partial charge in [-0.25, -0.2) is 4.39 Å². The molecule has 1 atom stereocenters. The number of fused-ring (bicyclic) bond motifs is 1. The molecule has 3 rings (SSSR count). The maximum Gasteiger partial charge on any atom is 0.224 e. The van der Waals surface area contributed by atoms with Crippen LogP contribution in [0.1, 0.15) is 41.8 Å². The van der Waals surface area contributed by atoms with Crippen molar-refractivity contribution >= 4 is 11.6 Å². The first-order valence-electron chi connectivity index (χ1n) is 7.04. The second-order valence-electron chi connectivity index (χ2n) is 5.21. The van der Waals surface area contributed by atoms with Gasteiger partial charge < -0.3 is 15.5 Å². The molecule has 0 fully saturated rings. The normalized spacial score (nSPS) is 15.5. The van der Waals surface area contributed by atoms with Gasteiger partial charge in [0.1, 0.15) is 11.6 Å². The zero-order valence-corrected chi connectivity index (χ0v) is 11.8. The number of rotatable bonds is 3. The number of furan rings is 1. The topological polar surface area (TPSA) is 68.3 Å². The first-order valence-corrected chi connectivity index (χ1v) is 7.04. The fraction of sp³-hybridized carbons (Fsp3) is 0.312. The number of amides is 1. The minimum absolute atomic E-state index is 0.0814. The summed E-state index contributed by atoms with van der Waals surface area (Å²) in [7, 11) is 0. The van der Waals surface area contributed by atoms with Crippen LogP contribution >= 0.6 is 0 Å². The quantitative estimate of drug-likeness (QED) is 0.912. The average molecular weight is 288 g/mol. The lowest BCUT2D eigenvalue weighted by molar-refractivity contribution is -0.116. The summed E-state index contributed by atoms with van der Waals surface area (Å²) in [6.45, 7) is 1.97. The summed E-state index contributed by atoms with van der Waals surface area (Å²) < 4.78 is 19.7. The van der Waals surface area contributed by atoms with E-state index in [1.165, 1.54) is 6.07 Å². The van der Waals surface area contributed by atoms with E-state index in [1.807, 2.05) is 6.92 Å². The third-order valence-electron chi connectivity index (χ3n) is 3.89. The molecule has 1 aromatic heterocycles. The van der Waals surface area contributed by atoms with Crippen molar-refractivity contribution in [3.05, 3.63) is 52.7 Å². The summed E-state index contributed by atoms with van der Waals surface area (Å²) in [4.78, 5) is 11.4. The van der Waals surface area contributed by atoms with Crippen LogP contribution in [0.3, 0.4) is 0 Å². The van der Waals surface area contributed by atoms with E-state index in [1.54, 1.807) is 18.4 Å². The molecule has 1 amide bonds. The molecule has 0 aliphatic carbocycles. The summed E-state index contributed by atoms with van der Waals surface area (Å²) in [5.41, 5.74) is 8.91. The van der Waals surface area contributed by atoms with Crippen LogP contribution in [-0.4, -0.2) is 5.91 Å². The molecule has 5 heteroatoms. The Morgan fingerprint density at radius 2 is 2.19 bits per heavy atom. The molecular formula is C16H17FN2O2. The van der Waals surface area contributed by atoms with Gasteiger partial charge in [-0.05, 0) is 30.2 Å². The van der Waals surface area contributed by atoms with Crippen molar-refractivity contribution in [1.29, 1.82) is 0 Å². The zero-order chi connectivity index (χ0) is 15.0. The number of hydrogen-bond donors (Lipinski definition) is 2. The predicted octanol–water partition coefficient (Wildman–Crippen LogP) is 2.91. The third kappa shape index (κ3) is 2.45. The number of nitrogens with one attached hydrogen (secondary N) is 1. The van der Waals surface area contributed by atoms with Gasteiger partial charge in [-0.1, -0.05) is 6.92 Å². The first kappa shape index (κ1) is 13.8. The van der Waals surface area contributed by atoms with E-state index in [2.05, 4.69) is 5.32 Å². The van der Waals surface area contributed by atoms with Gasteiger partial charge in [0.25, 0.3) is 0 Å². The van der Waals surface area contributed by atoms with Crippen molar-refractivity contribution < 1.29 is 13.6 Å². The second kappa shape index (κ2) is 5.33. The van der Waals surface area contributed by atoms with Crippen LogP contribution in [0.25, 0.3) is 0 Å². The summed E-state index contributed by atoms with van der Waals surface area (Å²) >= 11 is 0. The lowest BCUT2D eigenvalue weighted by Gasteiger charge is -2.20. The molecule has 0 spiro atoms. The molecular weight excluding hydrogens is 271 g/mol. The van der Waals surface area contributed by atoms with Gasteiger partial charge in [0.2, 0.25) is 5.91 Å². The molecule has 1 unspecified atom stereocenters. The van der Waals surface area contributed by atoms with E-state index in [-0.39, 0.29) is 5.91 Å². The van der Waals surface area contributed by atoms with Gasteiger partial charge in [0, 0.05) is 29.7 Å². The Morgan fingerprint density at radius 3 is 2.95 bits per heavy atom. The van der Waals surface area contributed by atoms with Crippen molar-refractivity contribution in [3.8, 4) is 0 Å². The largest absolute Gasteiger partial charge is 0.469 e. The Hall–Kier alpha value is -2.14. The first-order chi connectivity index (χ1) is 10.1. The summed E-state index contributed by atoms with van der Waals surface area (Å²) in [6.07, 6.45) is 3.30. The van der Waals surface area contributed by atoms with Crippen LogP contribution in [0.4, 0.5) is 10.1 Å². The summed E-state index contributed by atoms with van der Waals surface area (Å²) in [6, 6.07) is 4.32. The molecule has 2 aromatic rings. The zero-order valence-electron chi connectivity index (χ0n) is 11.8. The molecule has 110 valence electrons. The van der Waals surface area contributed by atoms with E-state index in [4.69, 9.17) is 10.2 Å². The maximum atomic E-state index is 14.3. The summed E-state index contributed by atoms with van der Waals surface area (Å²) in [5.74, 6) is 0.279. The van der Waals surface area contributed by atoms with Gasteiger partial charge >= 0.3 is 0 Å². The minimum atomic E-state index is -0.568. The van der Waals surface area contributed by atoms with Gasteiger partial charge in [-0.3, -0.25) is 4.79 Å². The molecule has 1 aliphatic rings. The Balaban J connectivity index is 2.01. The van der Waals surface area contributed by atoms with Crippen molar-refractivity contribution in [2.75, 3.05) is 5.32 Å². The fourth-order valence-corrected chi connectivity index (χ4v) is 2.74. The van der Waals surface area contributed by atoms with Gasteiger partial charge in [0.05, 0.1) is 12.3 Å². The average Bonchev–Trinajstić information content (AvgIpc) is 2.94. The number of carbonyl (C=O) groups excluding carboxylic acids is 1. The van der Waals surface area contributed by atoms with Crippen LogP contribution < -0.4 is 11.1 Å². The Morgan fingerprint density at radius 1 is 1.38 bits per heavy atom. The number of benzene rings is 1. The molecule has 3 N–H and O–H groups in total. The highest BCUT2D eigenvalue weighted by molar-refractivity contribution is 5.93. The van der Waals surface area contributed by atoms with Gasteiger partial charge in [-0.2, -0.15) is 0 Å². The molecule has 0 saturated heterocycles. The SMILES string of the molecule is CCc1occc1C(N)c1cc2c(cc1F)NC(=O)CC2. The van der Waals surface area contributed by atoms with E-state index < -0.39 is 11.9 Å². The van der Waals surface area contributed by atoms with Crippen LogP contribution in [0.2, 0.25) is 0 Å². The van der Waals surface area contributed by atoms with Crippen molar-refractivity contribution in [3.63, 3.8) is 0 Å². The standard InChI is InChI=1S/C16H17FN2O2/c1-2-14-10(5-6-21-14)16(18)11-7-9-3-4-15(20)19-13(9)8-12(11)17/h5-8,16H,2-4,18H2,1H3,(H,19,20). The van der Waals surface area contributed by atoms with Crippen LogP contribution in [-0.2, 0) is 17.6 Å². The van der Waals surface area contributed by atoms with E-state index >= 15 is 0 Å². The Labute approximate surface area is 122 Å². The minimum Gasteiger partial charge on any atom is -0.469 e. The molecule has 0 bridgehead atoms. The van der Waals surface area contributed by atoms with Gasteiger partial charge in [0.15, 0.2) is 0 Å². The molecule has 21 heavy (non-hydrogen) atoms. The number of anilines is 1. The Kier molecular flexibility index (Phi) is 3.51. The predicted molar refractivity (Wildman–Crippen MR) is 77.5 cm³/mol. The Bertz CT molecular complexity index is 694. The molecule has 4 nitrogen and oxygen atoms in total. The molecule has 0 radical (unpaired) electrons. The second-order valence-corrected chi connectivity index (χ2v) is 5.21. The highest BCUT2D eigenvalue weighted by Crippen LogP contribution is 2.32. The van der Waals surface area contributed by atoms with Crippen LogP contribution in [0.15, 0.2) is 28.9 Å². The maximum absolute atomic E-state index is 14.3. The lowest BCUT2D eigenvalue weighted by atomic mass is 9.93. The third-order valence-corrected chi connectivity index (χ3v) is 3.89. The summed E-state index contributed by atoms with van der Waals surface area (Å²) in [5, 5.41) is 2.69. The highest BCUT2D eigenvalue weighted by Gasteiger charge is 2.23. The number of nitrogens with two attached hydrogens (primary N) is 1. The monoisotopic (exact) mass is 288 g/mol. The van der Waals surface area contributed by atoms with Gasteiger partial charge in [-0.15, -0.1) is 0 Å². The van der Waals surface area contributed by atoms with Crippen molar-refractivity contribution in [2.24, 2.45) is 5.73 Å². The van der Waals surface area contributed by atoms with Crippen molar-refractivity contribution in [2.45, 2.75) is 32.2 Å². The smallest absolute Gasteiger partial charge is 0.224 e. The van der Waals surface area contributed by atoms with E-state index in [0.717, 1.165) is 16.9 Å². The van der Waals surface area contributed by atoms with E-state index in [0.29, 0.717) is 30.5 Å². The molecule has 1 aliphatic heterocycles. The molecule has 2 heterocycles. The van der Waals surface area contributed by atoms with Crippen molar-refractivity contribution in [1.82, 2.24) is 0 Å². The fourth-order valence-electron chi connectivity index (χ4n) is 2.74. The van der Waals surface area contributed by atoms with E-state index in [9.17, 15) is 9.18 Å². The number of halogens is 1. The molecule has 0 saturated carbocycles. The number of carbonyl (C=O) groups is 1.